The molecule has 92 heavy (non-hydrogen) atoms. The normalized spacial score (nSPS) is 13.4. The molecule has 4 nitrogen and oxygen atoms in total. The number of hydrogen-bond donors (Lipinski definition) is 0. The van der Waals surface area contributed by atoms with Gasteiger partial charge >= 0.3 is 0 Å². The Morgan fingerprint density at radius 3 is 1.16 bits per heavy atom. The van der Waals surface area contributed by atoms with Gasteiger partial charge in [0.25, 0.3) is 0 Å². The first kappa shape index (κ1) is 53.6. The molecule has 0 aliphatic heterocycles. The number of furan rings is 2. The van der Waals surface area contributed by atoms with E-state index in [0.717, 1.165) is 100 Å². The Kier molecular flexibility index (Phi) is 12.0. The predicted molar refractivity (Wildman–Crippen MR) is 385 cm³/mol. The van der Waals surface area contributed by atoms with Gasteiger partial charge in [0, 0.05) is 77.6 Å². The van der Waals surface area contributed by atoms with Crippen molar-refractivity contribution in [3.8, 4) is 66.8 Å². The highest BCUT2D eigenvalue weighted by molar-refractivity contribution is 6.11. The maximum absolute atomic E-state index is 6.97. The van der Waals surface area contributed by atoms with Crippen LogP contribution in [0.3, 0.4) is 0 Å². The van der Waals surface area contributed by atoms with Crippen molar-refractivity contribution in [2.45, 2.75) is 38.5 Å². The summed E-state index contributed by atoms with van der Waals surface area (Å²) in [7, 11) is 0. The van der Waals surface area contributed by atoms with E-state index in [1.807, 2.05) is 0 Å². The monoisotopic (exact) mass is 1180 g/mol. The summed E-state index contributed by atoms with van der Waals surface area (Å²) < 4.78 is 13.7. The summed E-state index contributed by atoms with van der Waals surface area (Å²) in [4.78, 5) is 4.76. The molecule has 2 aliphatic rings. The van der Waals surface area contributed by atoms with Gasteiger partial charge in [0.1, 0.15) is 22.3 Å². The van der Waals surface area contributed by atoms with Gasteiger partial charge in [-0.25, -0.2) is 0 Å². The van der Waals surface area contributed by atoms with Crippen LogP contribution >= 0.6 is 0 Å². The van der Waals surface area contributed by atoms with Crippen LogP contribution in [0.5, 0.6) is 0 Å². The Bertz CT molecular complexity index is 5600. The molecule has 0 amide bonds. The SMILES string of the molecule is CC1(C)c2ccc(N(c3ccc(-c4ccccc4)cc3)c3ccc(-c4ccc(-c5ccc6oc7c8c(ccc7c6c5)-c5cc(N(c6ccccc6)c6ccc(-c7ccc9ccccc9c7)cc6)ccc5C8(C)C)cc4)cc3)cc2-c2ccc3c(oc4ccccc43)c21. The molecule has 0 spiro atoms. The minimum atomic E-state index is -0.296. The molecule has 0 unspecified atom stereocenters. The lowest BCUT2D eigenvalue weighted by Gasteiger charge is -2.27. The second-order valence-corrected chi connectivity index (χ2v) is 26.0. The van der Waals surface area contributed by atoms with Crippen LogP contribution in [-0.2, 0) is 10.8 Å². The van der Waals surface area contributed by atoms with Crippen molar-refractivity contribution in [1.82, 2.24) is 0 Å². The maximum Gasteiger partial charge on any atom is 0.140 e. The third kappa shape index (κ3) is 8.44. The van der Waals surface area contributed by atoms with Crippen LogP contribution in [0.25, 0.3) is 121 Å². The van der Waals surface area contributed by atoms with Crippen LogP contribution in [0.1, 0.15) is 49.9 Å². The van der Waals surface area contributed by atoms with E-state index in [1.54, 1.807) is 0 Å². The van der Waals surface area contributed by atoms with Gasteiger partial charge in [0.2, 0.25) is 0 Å². The highest BCUT2D eigenvalue weighted by atomic mass is 16.3. The van der Waals surface area contributed by atoms with E-state index in [2.05, 4.69) is 341 Å². The third-order valence-electron chi connectivity index (χ3n) is 20.0. The molecule has 2 heterocycles. The molecule has 0 bridgehead atoms. The molecule has 4 heteroatoms. The van der Waals surface area contributed by atoms with Crippen LogP contribution in [-0.4, -0.2) is 0 Å². The van der Waals surface area contributed by atoms with Crippen LogP contribution in [0.2, 0.25) is 0 Å². The zero-order valence-corrected chi connectivity index (χ0v) is 51.6. The van der Waals surface area contributed by atoms with Gasteiger partial charge in [0.15, 0.2) is 0 Å². The standard InChI is InChI=1S/C88H62N2O2/c1-87(2)79-49-43-70(54-77(79)72-44-46-74-71-21-13-14-22-81(71)91-85(74)83(72)87)90(67-36-29-58(30-37-67)55-15-7-5-8-16-55)68-38-31-59(32-39-68)57-23-25-60(26-24-57)64-35-50-82-78(52-64)75-47-45-73-76-53-69(42-48-80(76)88(3,4)84(73)86(75)92-82)89(65-19-9-6-10-20-65)66-40-33-61(34-41-66)63-28-27-56-17-11-12-18-62(56)51-63/h5-54H,1-4H3. The van der Waals surface area contributed by atoms with Gasteiger partial charge in [-0.15, -0.1) is 0 Å². The number of anilines is 6. The lowest BCUT2D eigenvalue weighted by Crippen LogP contribution is -2.15. The van der Waals surface area contributed by atoms with Gasteiger partial charge in [0.05, 0.1) is 0 Å². The number of para-hydroxylation sites is 2. The molecule has 0 radical (unpaired) electrons. The van der Waals surface area contributed by atoms with Crippen molar-refractivity contribution in [3.05, 3.63) is 326 Å². The molecule has 18 rings (SSSR count). The first-order valence-electron chi connectivity index (χ1n) is 31.9. The third-order valence-corrected chi connectivity index (χ3v) is 20.0. The Labute approximate surface area is 535 Å². The zero-order chi connectivity index (χ0) is 61.4. The predicted octanol–water partition coefficient (Wildman–Crippen LogP) is 24.9. The van der Waals surface area contributed by atoms with Crippen LogP contribution in [0.4, 0.5) is 34.1 Å². The number of rotatable bonds is 10. The minimum Gasteiger partial charge on any atom is -0.456 e. The fraction of sp³-hybridized carbons (Fsp3) is 0.0682. The van der Waals surface area contributed by atoms with Gasteiger partial charge in [-0.3, -0.25) is 0 Å². The Balaban J connectivity index is 0.648. The van der Waals surface area contributed by atoms with Crippen LogP contribution in [0.15, 0.2) is 312 Å². The van der Waals surface area contributed by atoms with Gasteiger partial charge in [-0.1, -0.05) is 222 Å². The highest BCUT2D eigenvalue weighted by Gasteiger charge is 2.41. The largest absolute Gasteiger partial charge is 0.456 e. The van der Waals surface area contributed by atoms with E-state index in [4.69, 9.17) is 8.83 Å². The Morgan fingerprint density at radius 1 is 0.239 bits per heavy atom. The quantitative estimate of drug-likeness (QED) is 0.137. The molecule has 2 aromatic heterocycles. The molecular formula is C88H62N2O2. The van der Waals surface area contributed by atoms with E-state index in [1.165, 1.54) is 77.5 Å². The second-order valence-electron chi connectivity index (χ2n) is 26.0. The van der Waals surface area contributed by atoms with Crippen molar-refractivity contribution in [1.29, 1.82) is 0 Å². The summed E-state index contributed by atoms with van der Waals surface area (Å²) >= 11 is 0. The lowest BCUT2D eigenvalue weighted by atomic mass is 9.81. The molecule has 0 fully saturated rings. The Morgan fingerprint density at radius 2 is 0.620 bits per heavy atom. The molecule has 436 valence electrons. The molecule has 14 aromatic carbocycles. The van der Waals surface area contributed by atoms with Crippen LogP contribution < -0.4 is 9.80 Å². The van der Waals surface area contributed by atoms with Crippen molar-refractivity contribution in [2.75, 3.05) is 9.80 Å². The van der Waals surface area contributed by atoms with E-state index < -0.39 is 0 Å². The Hall–Kier alpha value is -11.5. The maximum atomic E-state index is 6.97. The summed E-state index contributed by atoms with van der Waals surface area (Å²) in [6.07, 6.45) is 0. The van der Waals surface area contributed by atoms with E-state index in [0.29, 0.717) is 0 Å². The second kappa shape index (κ2) is 20.5. The average molecular weight is 1180 g/mol. The minimum absolute atomic E-state index is 0.252. The first-order valence-corrected chi connectivity index (χ1v) is 31.9. The molecular weight excluding hydrogens is 1120 g/mol. The van der Waals surface area contributed by atoms with Crippen molar-refractivity contribution < 1.29 is 8.83 Å². The zero-order valence-electron chi connectivity index (χ0n) is 51.6. The molecule has 0 atom stereocenters. The summed E-state index contributed by atoms with van der Waals surface area (Å²) in [6, 6.07) is 111. The van der Waals surface area contributed by atoms with Crippen LogP contribution in [0, 0.1) is 0 Å². The highest BCUT2D eigenvalue weighted by Crippen LogP contribution is 2.56. The van der Waals surface area contributed by atoms with E-state index >= 15 is 0 Å². The number of fused-ring (bicyclic) bond motifs is 15. The van der Waals surface area contributed by atoms with Gasteiger partial charge < -0.3 is 18.6 Å². The fourth-order valence-corrected chi connectivity index (χ4v) is 15.4. The van der Waals surface area contributed by atoms with Gasteiger partial charge in [-0.05, 0) is 198 Å². The van der Waals surface area contributed by atoms with Crippen molar-refractivity contribution >= 4 is 88.8 Å². The molecule has 16 aromatic rings. The number of nitrogens with zero attached hydrogens (tertiary/aromatic N) is 2. The summed E-state index contributed by atoms with van der Waals surface area (Å²) in [5.41, 5.74) is 29.2. The number of benzene rings is 14. The van der Waals surface area contributed by atoms with E-state index in [9.17, 15) is 0 Å². The van der Waals surface area contributed by atoms with Crippen molar-refractivity contribution in [3.63, 3.8) is 0 Å². The summed E-state index contributed by atoms with van der Waals surface area (Å²) in [6.45, 7) is 9.36. The summed E-state index contributed by atoms with van der Waals surface area (Å²) in [5.74, 6) is 0. The topological polar surface area (TPSA) is 32.8 Å². The lowest BCUT2D eigenvalue weighted by molar-refractivity contribution is 0.619. The average Bonchev–Trinajstić information content (AvgIpc) is 1.58. The fourth-order valence-electron chi connectivity index (χ4n) is 15.4. The van der Waals surface area contributed by atoms with E-state index in [-0.39, 0.29) is 10.8 Å². The molecule has 2 aliphatic carbocycles. The molecule has 0 N–H and O–H groups in total. The van der Waals surface area contributed by atoms with Gasteiger partial charge in [-0.2, -0.15) is 0 Å². The smallest absolute Gasteiger partial charge is 0.140 e. The summed E-state index contributed by atoms with van der Waals surface area (Å²) in [5, 5.41) is 7.06. The first-order chi connectivity index (χ1) is 45.1. The molecule has 0 saturated carbocycles. The van der Waals surface area contributed by atoms with Crippen molar-refractivity contribution in [2.24, 2.45) is 0 Å². The number of hydrogen-bond acceptors (Lipinski definition) is 4. The molecule has 0 saturated heterocycles.